The number of thiol groups is 2. The first-order valence-electron chi connectivity index (χ1n) is 5.63. The van der Waals surface area contributed by atoms with E-state index >= 15 is 0 Å². The number of benzene rings is 2. The summed E-state index contributed by atoms with van der Waals surface area (Å²) in [7, 11) is 0. The first-order valence-corrected chi connectivity index (χ1v) is 6.66. The SMILES string of the molecule is CC(c1ccccc1)(c1ccccc1)C(S)S. The average molecular weight is 260 g/mol. The van der Waals surface area contributed by atoms with Crippen molar-refractivity contribution in [3.63, 3.8) is 0 Å². The molecule has 2 heteroatoms. The number of hydrogen-bond donors (Lipinski definition) is 2. The quantitative estimate of drug-likeness (QED) is 0.600. The fourth-order valence-electron chi connectivity index (χ4n) is 2.03. The van der Waals surface area contributed by atoms with Gasteiger partial charge in [-0.3, -0.25) is 0 Å². The van der Waals surface area contributed by atoms with Gasteiger partial charge in [-0.05, 0) is 18.1 Å². The molecule has 0 saturated heterocycles. The molecule has 2 rings (SSSR count). The summed E-state index contributed by atoms with van der Waals surface area (Å²) >= 11 is 9.13. The number of hydrogen-bond acceptors (Lipinski definition) is 2. The van der Waals surface area contributed by atoms with Crippen LogP contribution in [0.1, 0.15) is 18.1 Å². The summed E-state index contributed by atoms with van der Waals surface area (Å²) in [6, 6.07) is 20.8. The lowest BCUT2D eigenvalue weighted by molar-refractivity contribution is 0.632. The van der Waals surface area contributed by atoms with Crippen LogP contribution < -0.4 is 0 Å². The lowest BCUT2D eigenvalue weighted by Crippen LogP contribution is -2.31. The molecule has 0 heterocycles. The van der Waals surface area contributed by atoms with Crippen molar-refractivity contribution in [3.05, 3.63) is 71.8 Å². The molecule has 0 fully saturated rings. The summed E-state index contributed by atoms with van der Waals surface area (Å²) < 4.78 is -0.0488. The minimum absolute atomic E-state index is 0.0488. The third-order valence-corrected chi connectivity index (χ3v) is 4.30. The van der Waals surface area contributed by atoms with Crippen molar-refractivity contribution >= 4 is 25.3 Å². The normalized spacial score (nSPS) is 11.8. The Hall–Kier alpha value is -0.860. The second-order valence-electron chi connectivity index (χ2n) is 4.31. The molecular formula is C15H16S2. The van der Waals surface area contributed by atoms with Crippen LogP contribution in [0, 0.1) is 0 Å². The van der Waals surface area contributed by atoms with Gasteiger partial charge in [-0.2, -0.15) is 25.3 Å². The molecule has 2 aromatic carbocycles. The van der Waals surface area contributed by atoms with Crippen molar-refractivity contribution in [3.8, 4) is 0 Å². The van der Waals surface area contributed by atoms with E-state index in [9.17, 15) is 0 Å². The maximum absolute atomic E-state index is 4.57. The standard InChI is InChI=1S/C15H16S2/c1-15(14(16)17,12-8-4-2-5-9-12)13-10-6-3-7-11-13/h2-11,14,16-17H,1H3. The fourth-order valence-corrected chi connectivity index (χ4v) is 2.63. The molecule has 0 aliphatic heterocycles. The molecular weight excluding hydrogens is 244 g/mol. The van der Waals surface area contributed by atoms with E-state index in [2.05, 4.69) is 80.7 Å². The van der Waals surface area contributed by atoms with Gasteiger partial charge in [0.15, 0.2) is 0 Å². The summed E-state index contributed by atoms with van der Waals surface area (Å²) in [4.78, 5) is 0. The highest BCUT2D eigenvalue weighted by Gasteiger charge is 2.33. The molecule has 0 radical (unpaired) electrons. The van der Waals surface area contributed by atoms with Gasteiger partial charge in [-0.1, -0.05) is 60.7 Å². The van der Waals surface area contributed by atoms with Gasteiger partial charge >= 0.3 is 0 Å². The van der Waals surface area contributed by atoms with Crippen molar-refractivity contribution in [2.24, 2.45) is 0 Å². The van der Waals surface area contributed by atoms with Gasteiger partial charge < -0.3 is 0 Å². The highest BCUT2D eigenvalue weighted by atomic mass is 32.2. The van der Waals surface area contributed by atoms with Crippen molar-refractivity contribution in [2.45, 2.75) is 16.9 Å². The van der Waals surface area contributed by atoms with Crippen molar-refractivity contribution < 1.29 is 0 Å². The Labute approximate surface area is 114 Å². The Morgan fingerprint density at radius 1 is 0.765 bits per heavy atom. The largest absolute Gasteiger partial charge is 0.164 e. The Kier molecular flexibility index (Phi) is 3.85. The molecule has 0 atom stereocenters. The predicted molar refractivity (Wildman–Crippen MR) is 81.1 cm³/mol. The molecule has 0 aliphatic rings. The van der Waals surface area contributed by atoms with Gasteiger partial charge in [0.25, 0.3) is 0 Å². The summed E-state index contributed by atoms with van der Waals surface area (Å²) in [5, 5.41) is 0. The summed E-state index contributed by atoms with van der Waals surface area (Å²) in [5.41, 5.74) is 2.29. The van der Waals surface area contributed by atoms with E-state index in [4.69, 9.17) is 0 Å². The van der Waals surface area contributed by atoms with E-state index in [1.165, 1.54) is 11.1 Å². The van der Waals surface area contributed by atoms with Crippen LogP contribution in [0.15, 0.2) is 60.7 Å². The van der Waals surface area contributed by atoms with Crippen LogP contribution >= 0.6 is 25.3 Å². The molecule has 0 spiro atoms. The molecule has 0 nitrogen and oxygen atoms in total. The molecule has 0 aliphatic carbocycles. The van der Waals surface area contributed by atoms with E-state index in [1.54, 1.807) is 0 Å². The Morgan fingerprint density at radius 3 is 1.41 bits per heavy atom. The maximum Gasteiger partial charge on any atom is 0.0576 e. The van der Waals surface area contributed by atoms with E-state index < -0.39 is 0 Å². The van der Waals surface area contributed by atoms with E-state index in [0.717, 1.165) is 0 Å². The van der Waals surface area contributed by atoms with E-state index in [-0.39, 0.29) is 10.00 Å². The van der Waals surface area contributed by atoms with Crippen LogP contribution in [0.2, 0.25) is 0 Å². The van der Waals surface area contributed by atoms with E-state index in [0.29, 0.717) is 0 Å². The molecule has 0 unspecified atom stereocenters. The first kappa shape index (κ1) is 12.6. The Balaban J connectivity index is 2.55. The van der Waals surface area contributed by atoms with Crippen LogP contribution in [0.25, 0.3) is 0 Å². The topological polar surface area (TPSA) is 0 Å². The maximum atomic E-state index is 4.57. The third-order valence-electron chi connectivity index (χ3n) is 3.26. The smallest absolute Gasteiger partial charge is 0.0576 e. The minimum Gasteiger partial charge on any atom is -0.164 e. The molecule has 88 valence electrons. The van der Waals surface area contributed by atoms with Gasteiger partial charge in [0, 0.05) is 5.41 Å². The second-order valence-corrected chi connectivity index (χ2v) is 5.75. The molecule has 0 amide bonds. The summed E-state index contributed by atoms with van der Waals surface area (Å²) in [6.07, 6.45) is 0. The Morgan fingerprint density at radius 2 is 1.12 bits per heavy atom. The van der Waals surface area contributed by atoms with Gasteiger partial charge in [-0.15, -0.1) is 0 Å². The highest BCUT2D eigenvalue weighted by Crippen LogP contribution is 2.39. The third kappa shape index (κ3) is 2.38. The molecule has 0 bridgehead atoms. The zero-order valence-corrected chi connectivity index (χ0v) is 11.5. The number of rotatable bonds is 3. The van der Waals surface area contributed by atoms with Crippen molar-refractivity contribution in [2.75, 3.05) is 0 Å². The summed E-state index contributed by atoms with van der Waals surface area (Å²) in [5.74, 6) is 0. The second kappa shape index (κ2) is 5.19. The molecule has 2 aromatic rings. The Bertz CT molecular complexity index is 423. The molecule has 0 N–H and O–H groups in total. The van der Waals surface area contributed by atoms with Gasteiger partial charge in [-0.25, -0.2) is 0 Å². The lowest BCUT2D eigenvalue weighted by Gasteiger charge is -2.33. The van der Waals surface area contributed by atoms with Gasteiger partial charge in [0.1, 0.15) is 0 Å². The fraction of sp³-hybridized carbons (Fsp3) is 0.200. The zero-order chi connectivity index (χ0) is 12.3. The summed E-state index contributed by atoms with van der Waals surface area (Å²) in [6.45, 7) is 2.18. The van der Waals surface area contributed by atoms with E-state index in [1.807, 2.05) is 12.1 Å². The van der Waals surface area contributed by atoms with Crippen LogP contribution in [0.3, 0.4) is 0 Å². The van der Waals surface area contributed by atoms with Gasteiger partial charge in [0.05, 0.1) is 4.58 Å². The highest BCUT2D eigenvalue weighted by molar-refractivity contribution is 7.99. The monoisotopic (exact) mass is 260 g/mol. The zero-order valence-electron chi connectivity index (χ0n) is 9.75. The lowest BCUT2D eigenvalue weighted by atomic mass is 9.77. The predicted octanol–water partition coefficient (Wildman–Crippen LogP) is 4.18. The van der Waals surface area contributed by atoms with Crippen molar-refractivity contribution in [1.82, 2.24) is 0 Å². The van der Waals surface area contributed by atoms with Gasteiger partial charge in [0.2, 0.25) is 0 Å². The molecule has 17 heavy (non-hydrogen) atoms. The molecule has 0 saturated carbocycles. The molecule has 0 aromatic heterocycles. The average Bonchev–Trinajstić information content (AvgIpc) is 2.39. The first-order chi connectivity index (χ1) is 8.15. The van der Waals surface area contributed by atoms with Crippen LogP contribution in [-0.4, -0.2) is 4.58 Å². The van der Waals surface area contributed by atoms with Crippen molar-refractivity contribution in [1.29, 1.82) is 0 Å². The van der Waals surface area contributed by atoms with Crippen LogP contribution in [-0.2, 0) is 5.41 Å². The van der Waals surface area contributed by atoms with Crippen LogP contribution in [0.5, 0.6) is 0 Å². The minimum atomic E-state index is -0.186. The van der Waals surface area contributed by atoms with Crippen LogP contribution in [0.4, 0.5) is 0 Å².